The number of Topliss-reactive ketones (excluding diaryl/α,β-unsaturated/α-hetero) is 1. The van der Waals surface area contributed by atoms with Crippen LogP contribution in [0.2, 0.25) is 0 Å². The van der Waals surface area contributed by atoms with Crippen LogP contribution in [0.15, 0.2) is 29.4 Å². The molecule has 1 aromatic carbocycles. The maximum absolute atomic E-state index is 12.5. The summed E-state index contributed by atoms with van der Waals surface area (Å²) < 4.78 is 12.5. The minimum Gasteiger partial charge on any atom is -0.292 e. The van der Waals surface area contributed by atoms with Crippen LogP contribution in [0.4, 0.5) is 10.1 Å². The Bertz CT molecular complexity index is 362. The third-order valence-corrected chi connectivity index (χ3v) is 1.77. The number of hydrazone groups is 1. The Kier molecular flexibility index (Phi) is 3.59. The molecule has 0 heterocycles. The highest BCUT2D eigenvalue weighted by Crippen LogP contribution is 2.08. The largest absolute Gasteiger partial charge is 0.292 e. The Morgan fingerprint density at radius 3 is 2.50 bits per heavy atom. The number of halogens is 2. The molecule has 74 valence electrons. The zero-order valence-corrected chi connectivity index (χ0v) is 8.18. The molecular formula is C9H8ClFN2O. The first-order valence-electron chi connectivity index (χ1n) is 3.85. The lowest BCUT2D eigenvalue weighted by Gasteiger charge is -1.99. The van der Waals surface area contributed by atoms with Crippen molar-refractivity contribution in [2.24, 2.45) is 5.10 Å². The zero-order chi connectivity index (χ0) is 10.6. The van der Waals surface area contributed by atoms with E-state index in [0.717, 1.165) is 0 Å². The Morgan fingerprint density at radius 2 is 2.00 bits per heavy atom. The van der Waals surface area contributed by atoms with Crippen LogP contribution in [-0.2, 0) is 4.79 Å². The van der Waals surface area contributed by atoms with Crippen molar-refractivity contribution in [3.8, 4) is 0 Å². The van der Waals surface area contributed by atoms with Gasteiger partial charge in [-0.2, -0.15) is 5.10 Å². The van der Waals surface area contributed by atoms with Gasteiger partial charge in [0.25, 0.3) is 0 Å². The minimum atomic E-state index is -0.336. The molecule has 0 unspecified atom stereocenters. The van der Waals surface area contributed by atoms with Crippen LogP contribution in [0.3, 0.4) is 0 Å². The number of hydrogen-bond acceptors (Lipinski definition) is 3. The number of ketones is 1. The smallest absolute Gasteiger partial charge is 0.191 e. The van der Waals surface area contributed by atoms with E-state index in [1.165, 1.54) is 31.2 Å². The Labute approximate surface area is 85.6 Å². The Morgan fingerprint density at radius 1 is 1.43 bits per heavy atom. The summed E-state index contributed by atoms with van der Waals surface area (Å²) in [6, 6.07) is 5.53. The van der Waals surface area contributed by atoms with Crippen LogP contribution in [-0.4, -0.2) is 11.0 Å². The quantitative estimate of drug-likeness (QED) is 0.620. The molecule has 14 heavy (non-hydrogen) atoms. The lowest BCUT2D eigenvalue weighted by atomic mass is 10.3. The average molecular weight is 215 g/mol. The summed E-state index contributed by atoms with van der Waals surface area (Å²) in [4.78, 5) is 10.7. The van der Waals surface area contributed by atoms with E-state index in [2.05, 4.69) is 10.5 Å². The van der Waals surface area contributed by atoms with Gasteiger partial charge >= 0.3 is 0 Å². The Balaban J connectivity index is 2.66. The third-order valence-electron chi connectivity index (χ3n) is 1.42. The summed E-state index contributed by atoms with van der Waals surface area (Å²) in [6.07, 6.45) is 0. The van der Waals surface area contributed by atoms with Crippen LogP contribution >= 0.6 is 11.6 Å². The monoisotopic (exact) mass is 214 g/mol. The fraction of sp³-hybridized carbons (Fsp3) is 0.111. The molecular weight excluding hydrogens is 207 g/mol. The summed E-state index contributed by atoms with van der Waals surface area (Å²) in [5, 5.41) is 3.44. The van der Waals surface area contributed by atoms with Crippen molar-refractivity contribution < 1.29 is 9.18 Å². The molecule has 0 fully saturated rings. The van der Waals surface area contributed by atoms with Gasteiger partial charge in [0, 0.05) is 6.92 Å². The molecule has 0 aromatic heterocycles. The number of anilines is 1. The molecule has 5 heteroatoms. The molecule has 0 radical (unpaired) electrons. The van der Waals surface area contributed by atoms with Crippen LogP contribution in [0.5, 0.6) is 0 Å². The van der Waals surface area contributed by atoms with E-state index in [0.29, 0.717) is 5.69 Å². The summed E-state index contributed by atoms with van der Waals surface area (Å²) in [5.41, 5.74) is 3.08. The molecule has 0 spiro atoms. The average Bonchev–Trinajstić information content (AvgIpc) is 2.16. The van der Waals surface area contributed by atoms with Crippen molar-refractivity contribution in [3.63, 3.8) is 0 Å². The third kappa shape index (κ3) is 3.14. The van der Waals surface area contributed by atoms with E-state index in [1.54, 1.807) is 0 Å². The molecule has 3 nitrogen and oxygen atoms in total. The highest BCUT2D eigenvalue weighted by molar-refractivity contribution is 6.82. The van der Waals surface area contributed by atoms with Crippen molar-refractivity contribution >= 4 is 28.2 Å². The first-order chi connectivity index (χ1) is 6.59. The second kappa shape index (κ2) is 4.72. The number of carbonyl (C=O) groups is 1. The lowest BCUT2D eigenvalue weighted by molar-refractivity contribution is -0.110. The summed E-state index contributed by atoms with van der Waals surface area (Å²) in [7, 11) is 0. The first-order valence-corrected chi connectivity index (χ1v) is 4.23. The van der Waals surface area contributed by atoms with Gasteiger partial charge in [-0.05, 0) is 24.3 Å². The highest BCUT2D eigenvalue weighted by atomic mass is 35.5. The van der Waals surface area contributed by atoms with Gasteiger partial charge in [0.1, 0.15) is 5.82 Å². The van der Waals surface area contributed by atoms with Gasteiger partial charge in [-0.3, -0.25) is 10.2 Å². The number of rotatable bonds is 3. The van der Waals surface area contributed by atoms with Crippen LogP contribution < -0.4 is 5.43 Å². The van der Waals surface area contributed by atoms with Gasteiger partial charge in [-0.15, -0.1) is 0 Å². The second-order valence-electron chi connectivity index (χ2n) is 2.58. The van der Waals surface area contributed by atoms with Crippen LogP contribution in [0.1, 0.15) is 6.92 Å². The summed E-state index contributed by atoms with van der Waals surface area (Å²) >= 11 is 5.46. The van der Waals surface area contributed by atoms with Crippen LogP contribution in [0.25, 0.3) is 0 Å². The highest BCUT2D eigenvalue weighted by Gasteiger charge is 1.99. The molecule has 0 aliphatic heterocycles. The molecule has 0 aliphatic carbocycles. The molecule has 1 rings (SSSR count). The van der Waals surface area contributed by atoms with Crippen molar-refractivity contribution in [1.82, 2.24) is 0 Å². The molecule has 0 atom stereocenters. The number of benzene rings is 1. The number of carbonyl (C=O) groups excluding carboxylic acids is 1. The predicted octanol–water partition coefficient (Wildman–Crippen LogP) is 2.38. The molecule has 0 saturated heterocycles. The van der Waals surface area contributed by atoms with Crippen LogP contribution in [0, 0.1) is 5.82 Å². The fourth-order valence-electron chi connectivity index (χ4n) is 0.717. The van der Waals surface area contributed by atoms with E-state index in [1.807, 2.05) is 0 Å². The molecule has 1 N–H and O–H groups in total. The fourth-order valence-corrected chi connectivity index (χ4v) is 0.759. The van der Waals surface area contributed by atoms with E-state index in [9.17, 15) is 9.18 Å². The van der Waals surface area contributed by atoms with E-state index in [-0.39, 0.29) is 16.8 Å². The topological polar surface area (TPSA) is 41.5 Å². The minimum absolute atomic E-state index is 0.144. The SMILES string of the molecule is CC(=O)/C(Cl)=N/Nc1ccc(F)cc1. The molecule has 0 amide bonds. The predicted molar refractivity (Wildman–Crippen MR) is 54.0 cm³/mol. The van der Waals surface area contributed by atoms with E-state index in [4.69, 9.17) is 11.6 Å². The normalized spacial score (nSPS) is 11.2. The molecule has 0 aliphatic rings. The number of hydrogen-bond donors (Lipinski definition) is 1. The lowest BCUT2D eigenvalue weighted by Crippen LogP contribution is -2.04. The Hall–Kier alpha value is -1.42. The molecule has 0 saturated carbocycles. The molecule has 0 bridgehead atoms. The first kappa shape index (κ1) is 10.7. The summed E-state index contributed by atoms with van der Waals surface area (Å²) in [6.45, 7) is 1.30. The standard InChI is InChI=1S/C9H8ClFN2O/c1-6(14)9(10)13-12-8-4-2-7(11)3-5-8/h2-5,12H,1H3/b13-9-. The number of nitrogens with zero attached hydrogens (tertiary/aromatic N) is 1. The van der Waals surface area contributed by atoms with Gasteiger partial charge in [0.2, 0.25) is 0 Å². The maximum Gasteiger partial charge on any atom is 0.191 e. The maximum atomic E-state index is 12.5. The zero-order valence-electron chi connectivity index (χ0n) is 7.42. The van der Waals surface area contributed by atoms with Crippen molar-refractivity contribution in [3.05, 3.63) is 30.1 Å². The van der Waals surface area contributed by atoms with Crippen molar-refractivity contribution in [2.45, 2.75) is 6.92 Å². The van der Waals surface area contributed by atoms with E-state index < -0.39 is 0 Å². The van der Waals surface area contributed by atoms with Crippen molar-refractivity contribution in [2.75, 3.05) is 5.43 Å². The van der Waals surface area contributed by atoms with Gasteiger partial charge in [0.05, 0.1) is 5.69 Å². The second-order valence-corrected chi connectivity index (χ2v) is 2.94. The number of nitrogens with one attached hydrogen (secondary N) is 1. The van der Waals surface area contributed by atoms with Gasteiger partial charge in [-0.1, -0.05) is 11.6 Å². The summed E-state index contributed by atoms with van der Waals surface area (Å²) in [5.74, 6) is -0.668. The van der Waals surface area contributed by atoms with Gasteiger partial charge < -0.3 is 0 Å². The van der Waals surface area contributed by atoms with E-state index >= 15 is 0 Å². The van der Waals surface area contributed by atoms with Gasteiger partial charge in [0.15, 0.2) is 11.0 Å². The van der Waals surface area contributed by atoms with Gasteiger partial charge in [-0.25, -0.2) is 4.39 Å². The molecule has 1 aromatic rings. The van der Waals surface area contributed by atoms with Crippen molar-refractivity contribution in [1.29, 1.82) is 0 Å².